The van der Waals surface area contributed by atoms with Crippen molar-refractivity contribution in [1.82, 2.24) is 5.32 Å². The second kappa shape index (κ2) is 7.02. The maximum atomic E-state index is 13.8. The fourth-order valence-electron chi connectivity index (χ4n) is 2.25. The molecule has 1 aromatic rings. The number of hydrogen-bond acceptors (Lipinski definition) is 2. The number of hydrogen-bond donors (Lipinski definition) is 2. The van der Waals surface area contributed by atoms with Gasteiger partial charge in [-0.15, -0.1) is 0 Å². The molecule has 5 heteroatoms. The summed E-state index contributed by atoms with van der Waals surface area (Å²) in [6.07, 6.45) is 6.84. The first-order valence-electron chi connectivity index (χ1n) is 7.05. The van der Waals surface area contributed by atoms with Crippen LogP contribution in [0.2, 0.25) is 0 Å². The lowest BCUT2D eigenvalue weighted by Gasteiger charge is -2.25. The van der Waals surface area contributed by atoms with Crippen LogP contribution in [-0.2, 0) is 4.79 Å². The molecule has 4 nitrogen and oxygen atoms in total. The summed E-state index contributed by atoms with van der Waals surface area (Å²) in [5, 5.41) is 11.2. The largest absolute Gasteiger partial charge is 0.478 e. The zero-order valence-electron chi connectivity index (χ0n) is 11.6. The summed E-state index contributed by atoms with van der Waals surface area (Å²) in [5.41, 5.74) is 0.386. The van der Waals surface area contributed by atoms with Crippen molar-refractivity contribution in [3.05, 3.63) is 41.2 Å². The third-order valence-electron chi connectivity index (χ3n) is 3.72. The molecule has 21 heavy (non-hydrogen) atoms. The molecule has 0 unspecified atom stereocenters. The van der Waals surface area contributed by atoms with Crippen molar-refractivity contribution < 1.29 is 19.1 Å². The molecule has 0 saturated heterocycles. The quantitative estimate of drug-likeness (QED) is 0.792. The normalized spacial score (nSPS) is 14.9. The lowest BCUT2D eigenvalue weighted by molar-refractivity contribution is -0.131. The summed E-state index contributed by atoms with van der Waals surface area (Å²) >= 11 is 0. The van der Waals surface area contributed by atoms with E-state index >= 15 is 0 Å². The van der Waals surface area contributed by atoms with Crippen molar-refractivity contribution in [2.24, 2.45) is 5.92 Å². The van der Waals surface area contributed by atoms with Gasteiger partial charge in [-0.2, -0.15) is 0 Å². The van der Waals surface area contributed by atoms with Gasteiger partial charge in [0.1, 0.15) is 5.82 Å². The van der Waals surface area contributed by atoms with Crippen LogP contribution in [0.4, 0.5) is 4.39 Å². The minimum absolute atomic E-state index is 0.0175. The summed E-state index contributed by atoms with van der Waals surface area (Å²) in [4.78, 5) is 22.3. The zero-order valence-corrected chi connectivity index (χ0v) is 11.6. The van der Waals surface area contributed by atoms with E-state index in [1.807, 2.05) is 0 Å². The van der Waals surface area contributed by atoms with Gasteiger partial charge in [0, 0.05) is 12.6 Å². The molecule has 0 bridgehead atoms. The van der Waals surface area contributed by atoms with Gasteiger partial charge in [-0.1, -0.05) is 25.3 Å². The van der Waals surface area contributed by atoms with Crippen LogP contribution in [0, 0.1) is 11.7 Å². The molecule has 1 aliphatic rings. The van der Waals surface area contributed by atoms with Crippen molar-refractivity contribution in [2.75, 3.05) is 6.54 Å². The van der Waals surface area contributed by atoms with Gasteiger partial charge in [0.2, 0.25) is 0 Å². The summed E-state index contributed by atoms with van der Waals surface area (Å²) in [5.74, 6) is -1.49. The molecule has 0 spiro atoms. The lowest BCUT2D eigenvalue weighted by atomic mass is 9.83. The Labute approximate surface area is 122 Å². The predicted molar refractivity (Wildman–Crippen MR) is 77.4 cm³/mol. The maximum Gasteiger partial charge on any atom is 0.328 e. The molecule has 2 rings (SSSR count). The van der Waals surface area contributed by atoms with E-state index in [9.17, 15) is 14.0 Å². The van der Waals surface area contributed by atoms with E-state index in [0.29, 0.717) is 18.0 Å². The maximum absolute atomic E-state index is 13.8. The Balaban J connectivity index is 1.92. The Kier molecular flexibility index (Phi) is 5.09. The first-order chi connectivity index (χ1) is 10.1. The number of carboxylic acid groups (broad SMARTS) is 1. The van der Waals surface area contributed by atoms with Gasteiger partial charge in [0.25, 0.3) is 5.91 Å². The van der Waals surface area contributed by atoms with E-state index in [4.69, 9.17) is 5.11 Å². The predicted octanol–water partition coefficient (Wildman–Crippen LogP) is 2.84. The minimum Gasteiger partial charge on any atom is -0.478 e. The van der Waals surface area contributed by atoms with Crippen LogP contribution in [0.25, 0.3) is 6.08 Å². The number of aliphatic carboxylic acids is 1. The minimum atomic E-state index is -1.10. The molecule has 1 fully saturated rings. The Morgan fingerprint density at radius 2 is 2.14 bits per heavy atom. The van der Waals surface area contributed by atoms with Crippen LogP contribution in [0.1, 0.15) is 41.6 Å². The standard InChI is InChI=1S/C16H18FNO3/c17-14-10-12(5-7-15(19)20)4-6-13(14)16(21)18-9-8-11-2-1-3-11/h4-7,10-11H,1-3,8-9H2,(H,18,21)(H,19,20)/b7-5+. The van der Waals surface area contributed by atoms with E-state index < -0.39 is 17.7 Å². The Bertz CT molecular complexity index is 565. The van der Waals surface area contributed by atoms with Crippen LogP contribution < -0.4 is 5.32 Å². The number of benzene rings is 1. The van der Waals surface area contributed by atoms with Gasteiger partial charge in [0.05, 0.1) is 5.56 Å². The molecular weight excluding hydrogens is 273 g/mol. The fourth-order valence-corrected chi connectivity index (χ4v) is 2.25. The highest BCUT2D eigenvalue weighted by atomic mass is 19.1. The first-order valence-corrected chi connectivity index (χ1v) is 7.05. The SMILES string of the molecule is O=C(O)/C=C/c1ccc(C(=O)NCCC2CCC2)c(F)c1. The van der Waals surface area contributed by atoms with Gasteiger partial charge in [-0.05, 0) is 36.1 Å². The molecule has 0 atom stereocenters. The fraction of sp³-hybridized carbons (Fsp3) is 0.375. The zero-order chi connectivity index (χ0) is 15.2. The Morgan fingerprint density at radius 1 is 1.38 bits per heavy atom. The number of rotatable bonds is 6. The van der Waals surface area contributed by atoms with E-state index in [1.165, 1.54) is 37.5 Å². The number of nitrogens with one attached hydrogen (secondary N) is 1. The summed E-state index contributed by atoms with van der Waals surface area (Å²) in [6.45, 7) is 0.559. The Morgan fingerprint density at radius 3 is 2.71 bits per heavy atom. The molecule has 1 amide bonds. The molecule has 1 aliphatic carbocycles. The number of carboxylic acids is 1. The van der Waals surface area contributed by atoms with Crippen LogP contribution in [0.3, 0.4) is 0 Å². The molecule has 0 radical (unpaired) electrons. The smallest absolute Gasteiger partial charge is 0.328 e. The number of carbonyl (C=O) groups excluding carboxylic acids is 1. The van der Waals surface area contributed by atoms with E-state index in [-0.39, 0.29) is 5.56 Å². The lowest BCUT2D eigenvalue weighted by Crippen LogP contribution is -2.28. The highest BCUT2D eigenvalue weighted by molar-refractivity contribution is 5.94. The third kappa shape index (κ3) is 4.41. The molecule has 1 aromatic carbocycles. The first kappa shape index (κ1) is 15.2. The second-order valence-corrected chi connectivity index (χ2v) is 5.25. The average Bonchev–Trinajstić information content (AvgIpc) is 2.39. The van der Waals surface area contributed by atoms with E-state index in [1.54, 1.807) is 0 Å². The molecule has 2 N–H and O–H groups in total. The average molecular weight is 291 g/mol. The monoisotopic (exact) mass is 291 g/mol. The molecular formula is C16H18FNO3. The number of amides is 1. The van der Waals surface area contributed by atoms with Gasteiger partial charge in [0.15, 0.2) is 0 Å². The number of carbonyl (C=O) groups is 2. The van der Waals surface area contributed by atoms with Crippen LogP contribution in [0.15, 0.2) is 24.3 Å². The highest BCUT2D eigenvalue weighted by Gasteiger charge is 2.17. The Hall–Kier alpha value is -2.17. The van der Waals surface area contributed by atoms with Crippen molar-refractivity contribution in [1.29, 1.82) is 0 Å². The van der Waals surface area contributed by atoms with Gasteiger partial charge in [-0.3, -0.25) is 4.79 Å². The molecule has 0 aliphatic heterocycles. The van der Waals surface area contributed by atoms with Crippen molar-refractivity contribution in [3.63, 3.8) is 0 Å². The van der Waals surface area contributed by atoms with Crippen molar-refractivity contribution in [3.8, 4) is 0 Å². The van der Waals surface area contributed by atoms with Crippen molar-refractivity contribution >= 4 is 18.0 Å². The number of halogens is 1. The highest BCUT2D eigenvalue weighted by Crippen LogP contribution is 2.28. The molecule has 0 aromatic heterocycles. The van der Waals surface area contributed by atoms with Crippen LogP contribution in [0.5, 0.6) is 0 Å². The summed E-state index contributed by atoms with van der Waals surface area (Å²) in [6, 6.07) is 4.04. The van der Waals surface area contributed by atoms with Crippen LogP contribution in [-0.4, -0.2) is 23.5 Å². The van der Waals surface area contributed by atoms with Gasteiger partial charge < -0.3 is 10.4 Å². The molecule has 1 saturated carbocycles. The molecule has 112 valence electrons. The van der Waals surface area contributed by atoms with E-state index in [0.717, 1.165) is 18.6 Å². The topological polar surface area (TPSA) is 66.4 Å². The third-order valence-corrected chi connectivity index (χ3v) is 3.72. The van der Waals surface area contributed by atoms with Crippen molar-refractivity contribution in [2.45, 2.75) is 25.7 Å². The van der Waals surface area contributed by atoms with Gasteiger partial charge in [-0.25, -0.2) is 9.18 Å². The van der Waals surface area contributed by atoms with E-state index in [2.05, 4.69) is 5.32 Å². The second-order valence-electron chi connectivity index (χ2n) is 5.25. The van der Waals surface area contributed by atoms with Crippen LogP contribution >= 0.6 is 0 Å². The summed E-state index contributed by atoms with van der Waals surface area (Å²) in [7, 11) is 0. The molecule has 0 heterocycles. The van der Waals surface area contributed by atoms with Gasteiger partial charge >= 0.3 is 5.97 Å². The summed E-state index contributed by atoms with van der Waals surface area (Å²) < 4.78 is 13.8.